The van der Waals surface area contributed by atoms with E-state index in [1.807, 2.05) is 47.3 Å². The number of rotatable bonds is 5. The quantitative estimate of drug-likeness (QED) is 0.538. The average molecular weight is 412 g/mol. The summed E-state index contributed by atoms with van der Waals surface area (Å²) in [6, 6.07) is 14.0. The lowest BCUT2D eigenvalue weighted by atomic mass is 10.1. The van der Waals surface area contributed by atoms with Crippen molar-refractivity contribution in [3.8, 4) is 16.8 Å². The number of imidazole rings is 1. The van der Waals surface area contributed by atoms with Crippen LogP contribution in [0.2, 0.25) is 0 Å². The van der Waals surface area contributed by atoms with E-state index < -0.39 is 0 Å². The first kappa shape index (κ1) is 19.4. The molecular formula is C24H24N6O. The molecular weight excluding hydrogens is 388 g/mol. The van der Waals surface area contributed by atoms with E-state index in [9.17, 15) is 4.79 Å². The Morgan fingerprint density at radius 2 is 1.71 bits per heavy atom. The van der Waals surface area contributed by atoms with Gasteiger partial charge >= 0.3 is 0 Å². The van der Waals surface area contributed by atoms with Gasteiger partial charge in [-0.1, -0.05) is 12.5 Å². The molecule has 0 radical (unpaired) electrons. The van der Waals surface area contributed by atoms with Gasteiger partial charge in [0.1, 0.15) is 12.7 Å². The van der Waals surface area contributed by atoms with Crippen LogP contribution in [0.15, 0.2) is 67.5 Å². The smallest absolute Gasteiger partial charge is 0.238 e. The minimum atomic E-state index is 0.0393. The lowest BCUT2D eigenvalue weighted by Gasteiger charge is -2.25. The molecule has 7 nitrogen and oxygen atoms in total. The van der Waals surface area contributed by atoms with Crippen molar-refractivity contribution in [2.75, 3.05) is 25.0 Å². The number of fused-ring (bicyclic) bond motifs is 1. The fourth-order valence-electron chi connectivity index (χ4n) is 4.07. The van der Waals surface area contributed by atoms with E-state index in [4.69, 9.17) is 0 Å². The summed E-state index contributed by atoms with van der Waals surface area (Å²) >= 11 is 0. The second-order valence-corrected chi connectivity index (χ2v) is 7.88. The van der Waals surface area contributed by atoms with Crippen LogP contribution in [0.3, 0.4) is 0 Å². The highest BCUT2D eigenvalue weighted by Gasteiger charge is 2.14. The van der Waals surface area contributed by atoms with Crippen LogP contribution < -0.4 is 5.32 Å². The molecule has 1 amide bonds. The molecule has 0 bridgehead atoms. The number of piperidine rings is 1. The first-order chi connectivity index (χ1) is 15.3. The van der Waals surface area contributed by atoms with E-state index >= 15 is 0 Å². The monoisotopic (exact) mass is 412 g/mol. The predicted molar refractivity (Wildman–Crippen MR) is 121 cm³/mol. The van der Waals surface area contributed by atoms with Crippen molar-refractivity contribution in [1.82, 2.24) is 24.4 Å². The topological polar surface area (TPSA) is 75.9 Å². The molecule has 3 heterocycles. The van der Waals surface area contributed by atoms with Gasteiger partial charge in [0.25, 0.3) is 0 Å². The van der Waals surface area contributed by atoms with E-state index in [-0.39, 0.29) is 5.91 Å². The fraction of sp³-hybridized carbons (Fsp3) is 0.250. The minimum Gasteiger partial charge on any atom is -0.325 e. The number of nitrogens with zero attached hydrogens (tertiary/aromatic N) is 5. The van der Waals surface area contributed by atoms with Gasteiger partial charge in [-0.2, -0.15) is 0 Å². The Morgan fingerprint density at radius 3 is 2.48 bits per heavy atom. The maximum absolute atomic E-state index is 12.4. The second-order valence-electron chi connectivity index (χ2n) is 7.88. The van der Waals surface area contributed by atoms with Crippen LogP contribution in [0.25, 0.3) is 27.8 Å². The van der Waals surface area contributed by atoms with E-state index in [1.54, 1.807) is 12.4 Å². The highest BCUT2D eigenvalue weighted by atomic mass is 16.2. The summed E-state index contributed by atoms with van der Waals surface area (Å²) in [7, 11) is 0. The van der Waals surface area contributed by atoms with Crippen LogP contribution in [0.4, 0.5) is 5.69 Å². The first-order valence-corrected chi connectivity index (χ1v) is 10.6. The van der Waals surface area contributed by atoms with Gasteiger partial charge in [-0.25, -0.2) is 15.0 Å². The fourth-order valence-corrected chi connectivity index (χ4v) is 4.07. The maximum atomic E-state index is 12.4. The Balaban J connectivity index is 1.34. The average Bonchev–Trinajstić information content (AvgIpc) is 3.24. The number of amides is 1. The maximum Gasteiger partial charge on any atom is 0.238 e. The summed E-state index contributed by atoms with van der Waals surface area (Å²) in [6.45, 7) is 2.48. The van der Waals surface area contributed by atoms with Crippen LogP contribution in [0.5, 0.6) is 0 Å². The van der Waals surface area contributed by atoms with Gasteiger partial charge in [-0.05, 0) is 67.9 Å². The third-order valence-corrected chi connectivity index (χ3v) is 5.69. The van der Waals surface area contributed by atoms with Crippen LogP contribution in [0, 0.1) is 0 Å². The number of hydrogen-bond donors (Lipinski definition) is 1. The molecule has 0 unspecified atom stereocenters. The van der Waals surface area contributed by atoms with E-state index in [2.05, 4.69) is 31.2 Å². The lowest BCUT2D eigenvalue weighted by molar-refractivity contribution is -0.117. The molecule has 1 aliphatic rings. The van der Waals surface area contributed by atoms with Gasteiger partial charge in [-0.3, -0.25) is 14.3 Å². The number of carbonyl (C=O) groups is 1. The molecule has 1 saturated heterocycles. The number of hydrogen-bond acceptors (Lipinski definition) is 5. The molecule has 31 heavy (non-hydrogen) atoms. The molecule has 0 spiro atoms. The van der Waals surface area contributed by atoms with Crippen molar-refractivity contribution in [3.05, 3.63) is 67.5 Å². The van der Waals surface area contributed by atoms with E-state index in [0.717, 1.165) is 46.6 Å². The van der Waals surface area contributed by atoms with Crippen molar-refractivity contribution in [2.45, 2.75) is 19.3 Å². The number of aromatic nitrogens is 4. The SMILES string of the molecule is O=C(CN1CCCCC1)Nc1ccc(-n2cnc3ccc(-c4cncnc4)cc32)cc1. The van der Waals surface area contributed by atoms with Crippen molar-refractivity contribution in [1.29, 1.82) is 0 Å². The Kier molecular flexibility index (Phi) is 5.41. The normalized spacial score (nSPS) is 14.6. The number of nitrogens with one attached hydrogen (secondary N) is 1. The van der Waals surface area contributed by atoms with E-state index in [0.29, 0.717) is 6.54 Å². The zero-order valence-electron chi connectivity index (χ0n) is 17.2. The summed E-state index contributed by atoms with van der Waals surface area (Å²) in [5.74, 6) is 0.0393. The molecule has 2 aromatic heterocycles. The summed E-state index contributed by atoms with van der Waals surface area (Å²) in [5.41, 5.74) is 5.71. The molecule has 7 heteroatoms. The summed E-state index contributed by atoms with van der Waals surface area (Å²) in [6.07, 6.45) is 10.6. The van der Waals surface area contributed by atoms with Crippen LogP contribution in [-0.2, 0) is 4.79 Å². The minimum absolute atomic E-state index is 0.0393. The largest absolute Gasteiger partial charge is 0.325 e. The van der Waals surface area contributed by atoms with Crippen molar-refractivity contribution >= 4 is 22.6 Å². The Hall–Kier alpha value is -3.58. The zero-order chi connectivity index (χ0) is 21.0. The molecule has 156 valence electrons. The lowest BCUT2D eigenvalue weighted by Crippen LogP contribution is -2.36. The zero-order valence-corrected chi connectivity index (χ0v) is 17.2. The number of carbonyl (C=O) groups excluding carboxylic acids is 1. The number of likely N-dealkylation sites (tertiary alicyclic amines) is 1. The second kappa shape index (κ2) is 8.65. The van der Waals surface area contributed by atoms with Crippen LogP contribution in [-0.4, -0.2) is 50.0 Å². The van der Waals surface area contributed by atoms with Crippen molar-refractivity contribution in [2.24, 2.45) is 0 Å². The molecule has 1 aliphatic heterocycles. The Morgan fingerprint density at radius 1 is 0.935 bits per heavy atom. The molecule has 5 rings (SSSR count). The predicted octanol–water partition coefficient (Wildman–Crippen LogP) is 3.91. The van der Waals surface area contributed by atoms with Gasteiger partial charge in [-0.15, -0.1) is 0 Å². The van der Waals surface area contributed by atoms with Crippen molar-refractivity contribution in [3.63, 3.8) is 0 Å². The molecule has 1 fully saturated rings. The number of benzene rings is 2. The standard InChI is InChI=1S/C24H24N6O/c31-24(15-29-10-2-1-3-11-29)28-20-5-7-21(8-6-20)30-17-27-22-9-4-18(12-23(22)30)19-13-25-16-26-14-19/h4-9,12-14,16-17H,1-3,10-11,15H2,(H,28,31). The summed E-state index contributed by atoms with van der Waals surface area (Å²) in [4.78, 5) is 27.3. The molecule has 2 aromatic carbocycles. The third kappa shape index (κ3) is 4.32. The third-order valence-electron chi connectivity index (χ3n) is 5.69. The molecule has 0 aliphatic carbocycles. The molecule has 1 N–H and O–H groups in total. The molecule has 0 atom stereocenters. The summed E-state index contributed by atoms with van der Waals surface area (Å²) in [5, 5.41) is 3.01. The van der Waals surface area contributed by atoms with Gasteiger partial charge in [0.2, 0.25) is 5.91 Å². The molecule has 0 saturated carbocycles. The first-order valence-electron chi connectivity index (χ1n) is 10.6. The van der Waals surface area contributed by atoms with E-state index in [1.165, 1.54) is 25.6 Å². The van der Waals surface area contributed by atoms with Crippen molar-refractivity contribution < 1.29 is 4.79 Å². The highest BCUT2D eigenvalue weighted by Crippen LogP contribution is 2.25. The highest BCUT2D eigenvalue weighted by molar-refractivity contribution is 5.92. The van der Waals surface area contributed by atoms with Gasteiger partial charge in [0, 0.05) is 29.3 Å². The van der Waals surface area contributed by atoms with Gasteiger partial charge in [0.05, 0.1) is 17.6 Å². The Bertz CT molecular complexity index is 1180. The number of anilines is 1. The van der Waals surface area contributed by atoms with Gasteiger partial charge < -0.3 is 5.32 Å². The summed E-state index contributed by atoms with van der Waals surface area (Å²) < 4.78 is 2.04. The van der Waals surface area contributed by atoms with Gasteiger partial charge in [0.15, 0.2) is 0 Å². The Labute approximate surface area is 180 Å². The molecule has 4 aromatic rings. The van der Waals surface area contributed by atoms with Crippen LogP contribution >= 0.6 is 0 Å². The van der Waals surface area contributed by atoms with Crippen LogP contribution in [0.1, 0.15) is 19.3 Å².